The van der Waals surface area contributed by atoms with Crippen LogP contribution in [-0.2, 0) is 4.79 Å². The molecule has 1 fully saturated rings. The molecule has 2 aromatic rings. The van der Waals surface area contributed by atoms with E-state index >= 15 is 0 Å². The second-order valence-corrected chi connectivity index (χ2v) is 6.55. The van der Waals surface area contributed by atoms with Crippen LogP contribution in [0.1, 0.15) is 17.9 Å². The highest BCUT2D eigenvalue weighted by atomic mass is 35.5. The van der Waals surface area contributed by atoms with Gasteiger partial charge in [0.15, 0.2) is 11.6 Å². The Morgan fingerprint density at radius 3 is 2.42 bits per heavy atom. The van der Waals surface area contributed by atoms with Gasteiger partial charge >= 0.3 is 0 Å². The summed E-state index contributed by atoms with van der Waals surface area (Å²) >= 11 is 6.14. The average molecular weight is 351 g/mol. The highest BCUT2D eigenvalue weighted by Gasteiger charge is 2.44. The van der Waals surface area contributed by atoms with Crippen LogP contribution in [0.3, 0.4) is 0 Å². The maximum absolute atomic E-state index is 14.0. The van der Waals surface area contributed by atoms with Crippen LogP contribution in [0.15, 0.2) is 36.4 Å². The highest BCUT2D eigenvalue weighted by molar-refractivity contribution is 6.31. The first-order chi connectivity index (χ1) is 11.4. The number of benzene rings is 2. The first-order valence-corrected chi connectivity index (χ1v) is 7.98. The van der Waals surface area contributed by atoms with Crippen LogP contribution in [0, 0.1) is 17.6 Å². The van der Waals surface area contributed by atoms with E-state index in [2.05, 4.69) is 5.32 Å². The molecule has 3 rings (SSSR count). The normalized spacial score (nSPS) is 19.0. The van der Waals surface area contributed by atoms with E-state index < -0.39 is 11.6 Å². The molecule has 0 saturated heterocycles. The number of halogens is 3. The number of carbonyl (C=O) groups excluding carboxylic acids is 1. The largest absolute Gasteiger partial charge is 0.373 e. The molecule has 1 aliphatic carbocycles. The maximum atomic E-state index is 14.0. The van der Waals surface area contributed by atoms with Crippen LogP contribution in [0.4, 0.5) is 20.2 Å². The van der Waals surface area contributed by atoms with Crippen molar-refractivity contribution in [2.24, 2.45) is 5.92 Å². The van der Waals surface area contributed by atoms with Gasteiger partial charge in [0.1, 0.15) is 5.69 Å². The van der Waals surface area contributed by atoms with Gasteiger partial charge in [0.25, 0.3) is 0 Å². The molecule has 1 saturated carbocycles. The molecular weight excluding hydrogens is 334 g/mol. The van der Waals surface area contributed by atoms with Crippen molar-refractivity contribution in [3.8, 4) is 0 Å². The molecule has 24 heavy (non-hydrogen) atoms. The first kappa shape index (κ1) is 16.7. The SMILES string of the molecule is CN(C)c1c(F)cc(NC(=O)C2CC2c2ccccc2Cl)cc1F. The van der Waals surface area contributed by atoms with Gasteiger partial charge in [-0.2, -0.15) is 0 Å². The summed E-state index contributed by atoms with van der Waals surface area (Å²) in [7, 11) is 3.11. The predicted octanol–water partition coefficient (Wildman–Crippen LogP) is 4.43. The van der Waals surface area contributed by atoms with Gasteiger partial charge in [0.05, 0.1) is 0 Å². The number of nitrogens with zero attached hydrogens (tertiary/aromatic N) is 1. The summed E-state index contributed by atoms with van der Waals surface area (Å²) < 4.78 is 27.9. The Bertz CT molecular complexity index is 771. The van der Waals surface area contributed by atoms with Gasteiger partial charge in [0.2, 0.25) is 5.91 Å². The minimum Gasteiger partial charge on any atom is -0.373 e. The van der Waals surface area contributed by atoms with Crippen molar-refractivity contribution < 1.29 is 13.6 Å². The van der Waals surface area contributed by atoms with Crippen molar-refractivity contribution in [2.45, 2.75) is 12.3 Å². The zero-order valence-electron chi connectivity index (χ0n) is 13.3. The van der Waals surface area contributed by atoms with E-state index in [4.69, 9.17) is 11.6 Å². The Hall–Kier alpha value is -2.14. The van der Waals surface area contributed by atoms with Crippen LogP contribution in [0.2, 0.25) is 5.02 Å². The first-order valence-electron chi connectivity index (χ1n) is 7.60. The summed E-state index contributed by atoms with van der Waals surface area (Å²) in [6, 6.07) is 9.65. The molecule has 2 aromatic carbocycles. The number of amides is 1. The van der Waals surface area contributed by atoms with Gasteiger partial charge in [-0.1, -0.05) is 29.8 Å². The average Bonchev–Trinajstić information content (AvgIpc) is 3.26. The van der Waals surface area contributed by atoms with E-state index in [0.717, 1.165) is 17.7 Å². The lowest BCUT2D eigenvalue weighted by atomic mass is 10.1. The molecule has 1 amide bonds. The molecular formula is C18H17ClF2N2O. The van der Waals surface area contributed by atoms with Gasteiger partial charge in [-0.05, 0) is 36.1 Å². The van der Waals surface area contributed by atoms with Gasteiger partial charge < -0.3 is 10.2 Å². The Labute approximate surface area is 144 Å². The third-order valence-electron chi connectivity index (χ3n) is 4.16. The number of rotatable bonds is 4. The summed E-state index contributed by atoms with van der Waals surface area (Å²) in [5.74, 6) is -1.86. The molecule has 126 valence electrons. The fraction of sp³-hybridized carbons (Fsp3) is 0.278. The van der Waals surface area contributed by atoms with Crippen molar-refractivity contribution in [2.75, 3.05) is 24.3 Å². The highest BCUT2D eigenvalue weighted by Crippen LogP contribution is 2.50. The molecule has 1 N–H and O–H groups in total. The lowest BCUT2D eigenvalue weighted by molar-refractivity contribution is -0.117. The van der Waals surface area contributed by atoms with Crippen molar-refractivity contribution in [1.82, 2.24) is 0 Å². The zero-order valence-corrected chi connectivity index (χ0v) is 14.1. The van der Waals surface area contributed by atoms with E-state index in [-0.39, 0.29) is 29.1 Å². The summed E-state index contributed by atoms with van der Waals surface area (Å²) in [5.41, 5.74) is 0.915. The van der Waals surface area contributed by atoms with Crippen LogP contribution in [0.25, 0.3) is 0 Å². The number of carbonyl (C=O) groups is 1. The smallest absolute Gasteiger partial charge is 0.228 e. The number of nitrogens with one attached hydrogen (secondary N) is 1. The molecule has 3 nitrogen and oxygen atoms in total. The van der Waals surface area contributed by atoms with Crippen LogP contribution in [-0.4, -0.2) is 20.0 Å². The van der Waals surface area contributed by atoms with Gasteiger partial charge in [-0.25, -0.2) is 8.78 Å². The van der Waals surface area contributed by atoms with E-state index in [1.807, 2.05) is 18.2 Å². The number of anilines is 2. The van der Waals surface area contributed by atoms with Gasteiger partial charge in [0, 0.05) is 30.7 Å². The molecule has 0 bridgehead atoms. The van der Waals surface area contributed by atoms with Crippen molar-refractivity contribution in [3.63, 3.8) is 0 Å². The fourth-order valence-corrected chi connectivity index (χ4v) is 3.18. The summed E-state index contributed by atoms with van der Waals surface area (Å²) in [6.45, 7) is 0. The van der Waals surface area contributed by atoms with Crippen LogP contribution in [0.5, 0.6) is 0 Å². The maximum Gasteiger partial charge on any atom is 0.228 e. The molecule has 1 aliphatic rings. The van der Waals surface area contributed by atoms with Crippen molar-refractivity contribution in [1.29, 1.82) is 0 Å². The second kappa shape index (κ2) is 6.40. The second-order valence-electron chi connectivity index (χ2n) is 6.14. The van der Waals surface area contributed by atoms with Crippen molar-refractivity contribution in [3.05, 3.63) is 58.6 Å². The molecule has 0 aliphatic heterocycles. The minimum atomic E-state index is -0.714. The van der Waals surface area contributed by atoms with Gasteiger partial charge in [-0.15, -0.1) is 0 Å². The third-order valence-corrected chi connectivity index (χ3v) is 4.51. The molecule has 2 unspecified atom stereocenters. The monoisotopic (exact) mass is 350 g/mol. The minimum absolute atomic E-state index is 0.0504. The molecule has 0 spiro atoms. The topological polar surface area (TPSA) is 32.3 Å². The number of hydrogen-bond donors (Lipinski definition) is 1. The zero-order chi connectivity index (χ0) is 17.4. The summed E-state index contributed by atoms with van der Waals surface area (Å²) in [5, 5.41) is 3.22. The van der Waals surface area contributed by atoms with Gasteiger partial charge in [-0.3, -0.25) is 4.79 Å². The number of hydrogen-bond acceptors (Lipinski definition) is 2. The Balaban J connectivity index is 1.72. The molecule has 6 heteroatoms. The van der Waals surface area contributed by atoms with Crippen LogP contribution >= 0.6 is 11.6 Å². The summed E-state index contributed by atoms with van der Waals surface area (Å²) in [4.78, 5) is 13.7. The standard InChI is InChI=1S/C18H17ClF2N2O/c1-23(2)17-15(20)7-10(8-16(17)21)22-18(24)13-9-12(13)11-5-3-4-6-14(11)19/h3-8,12-13H,9H2,1-2H3,(H,22,24). The Kier molecular flexibility index (Phi) is 4.45. The Morgan fingerprint density at radius 1 is 1.21 bits per heavy atom. The quantitative estimate of drug-likeness (QED) is 0.885. The van der Waals surface area contributed by atoms with E-state index in [1.165, 1.54) is 4.90 Å². The van der Waals surface area contributed by atoms with E-state index in [9.17, 15) is 13.6 Å². The molecule has 0 heterocycles. The molecule has 0 radical (unpaired) electrons. The van der Waals surface area contributed by atoms with E-state index in [1.54, 1.807) is 20.2 Å². The third kappa shape index (κ3) is 3.22. The molecule has 2 atom stereocenters. The Morgan fingerprint density at radius 2 is 1.83 bits per heavy atom. The lowest BCUT2D eigenvalue weighted by Gasteiger charge is -2.16. The lowest BCUT2D eigenvalue weighted by Crippen LogP contribution is -2.17. The van der Waals surface area contributed by atoms with Crippen LogP contribution < -0.4 is 10.2 Å². The predicted molar refractivity (Wildman–Crippen MR) is 91.6 cm³/mol. The molecule has 0 aromatic heterocycles. The summed E-state index contributed by atoms with van der Waals surface area (Å²) in [6.07, 6.45) is 0.677. The van der Waals surface area contributed by atoms with Crippen molar-refractivity contribution >= 4 is 28.9 Å². The van der Waals surface area contributed by atoms with E-state index in [0.29, 0.717) is 11.4 Å². The fourth-order valence-electron chi connectivity index (χ4n) is 2.90.